The lowest BCUT2D eigenvalue weighted by atomic mass is 9.84. The molecule has 1 amide bonds. The summed E-state index contributed by atoms with van der Waals surface area (Å²) in [5.41, 5.74) is 3.62. The van der Waals surface area contributed by atoms with Gasteiger partial charge in [-0.25, -0.2) is 4.79 Å². The van der Waals surface area contributed by atoms with Gasteiger partial charge in [0.15, 0.2) is 0 Å². The van der Waals surface area contributed by atoms with Crippen LogP contribution in [-0.4, -0.2) is 43.6 Å². The molecule has 2 unspecified atom stereocenters. The zero-order valence-corrected chi connectivity index (χ0v) is 19.4. The molecule has 3 aromatic rings. The van der Waals surface area contributed by atoms with Gasteiger partial charge in [0.1, 0.15) is 5.60 Å². The first kappa shape index (κ1) is 21.7. The van der Waals surface area contributed by atoms with Crippen molar-refractivity contribution in [2.24, 2.45) is 5.92 Å². The first-order valence-electron chi connectivity index (χ1n) is 11.1. The number of anilines is 1. The van der Waals surface area contributed by atoms with Gasteiger partial charge in [0.2, 0.25) is 0 Å². The SMILES string of the molecule is Cc1nn(C(=O)OC(C)(C)C)cc1C(=O)Nc1cc(C2=CC=CC3NC=CC23)cc2[nH]ncc12. The number of aryl methyl sites for hydroxylation is 1. The molecule has 9 heteroatoms. The molecule has 1 aliphatic heterocycles. The second kappa shape index (κ2) is 8.02. The van der Waals surface area contributed by atoms with Crippen molar-refractivity contribution in [3.05, 3.63) is 71.9 Å². The third-order valence-corrected chi connectivity index (χ3v) is 5.80. The normalized spacial score (nSPS) is 19.0. The van der Waals surface area contributed by atoms with Crippen LogP contribution in [0, 0.1) is 12.8 Å². The van der Waals surface area contributed by atoms with Crippen molar-refractivity contribution in [2.45, 2.75) is 39.3 Å². The first-order chi connectivity index (χ1) is 16.2. The maximum atomic E-state index is 13.2. The molecule has 2 aromatic heterocycles. The van der Waals surface area contributed by atoms with Gasteiger partial charge >= 0.3 is 6.09 Å². The Morgan fingerprint density at radius 2 is 2.03 bits per heavy atom. The van der Waals surface area contributed by atoms with E-state index in [9.17, 15) is 9.59 Å². The minimum atomic E-state index is -0.668. The minimum absolute atomic E-state index is 0.211. The van der Waals surface area contributed by atoms with E-state index in [1.54, 1.807) is 33.9 Å². The predicted molar refractivity (Wildman–Crippen MR) is 129 cm³/mol. The zero-order chi connectivity index (χ0) is 24.0. The Morgan fingerprint density at radius 3 is 2.82 bits per heavy atom. The van der Waals surface area contributed by atoms with Crippen LogP contribution in [0.3, 0.4) is 0 Å². The topological polar surface area (TPSA) is 114 Å². The van der Waals surface area contributed by atoms with Crippen molar-refractivity contribution in [3.63, 3.8) is 0 Å². The zero-order valence-electron chi connectivity index (χ0n) is 19.4. The quantitative estimate of drug-likeness (QED) is 0.543. The molecule has 0 saturated carbocycles. The number of nitrogens with one attached hydrogen (secondary N) is 3. The van der Waals surface area contributed by atoms with Crippen LogP contribution in [0.4, 0.5) is 10.5 Å². The molecule has 3 heterocycles. The number of hydrogen-bond donors (Lipinski definition) is 3. The van der Waals surface area contributed by atoms with Gasteiger partial charge in [0.25, 0.3) is 5.91 Å². The monoisotopic (exact) mass is 458 g/mol. The smallest absolute Gasteiger partial charge is 0.435 e. The number of carbonyl (C=O) groups excluding carboxylic acids is 2. The van der Waals surface area contributed by atoms with Gasteiger partial charge in [-0.2, -0.15) is 14.9 Å². The summed E-state index contributed by atoms with van der Waals surface area (Å²) >= 11 is 0. The number of hydrogen-bond acceptors (Lipinski definition) is 6. The second-order valence-corrected chi connectivity index (χ2v) is 9.45. The average Bonchev–Trinajstić information content (AvgIpc) is 3.51. The second-order valence-electron chi connectivity index (χ2n) is 9.45. The molecular weight excluding hydrogens is 432 g/mol. The summed E-state index contributed by atoms with van der Waals surface area (Å²) in [5, 5.41) is 18.5. The van der Waals surface area contributed by atoms with E-state index in [1.807, 2.05) is 24.4 Å². The number of nitrogens with zero attached hydrogens (tertiary/aromatic N) is 3. The van der Waals surface area contributed by atoms with Crippen molar-refractivity contribution in [1.29, 1.82) is 0 Å². The molecule has 2 atom stereocenters. The lowest BCUT2D eigenvalue weighted by molar-refractivity contribution is 0.0514. The van der Waals surface area contributed by atoms with Gasteiger partial charge in [-0.3, -0.25) is 9.89 Å². The van der Waals surface area contributed by atoms with E-state index in [2.05, 4.69) is 44.2 Å². The summed E-state index contributed by atoms with van der Waals surface area (Å²) < 4.78 is 6.40. The van der Waals surface area contributed by atoms with Crippen LogP contribution in [0.1, 0.15) is 42.4 Å². The van der Waals surface area contributed by atoms with E-state index in [-0.39, 0.29) is 23.4 Å². The molecule has 34 heavy (non-hydrogen) atoms. The van der Waals surface area contributed by atoms with E-state index in [1.165, 1.54) is 6.20 Å². The number of rotatable bonds is 3. The molecule has 0 fully saturated rings. The van der Waals surface area contributed by atoms with E-state index in [0.29, 0.717) is 11.4 Å². The first-order valence-corrected chi connectivity index (χ1v) is 11.1. The number of ether oxygens (including phenoxy) is 1. The van der Waals surface area contributed by atoms with Crippen molar-refractivity contribution in [1.82, 2.24) is 25.3 Å². The summed E-state index contributed by atoms with van der Waals surface area (Å²) in [5.74, 6) is -0.159. The van der Waals surface area contributed by atoms with Crippen molar-refractivity contribution in [3.8, 4) is 0 Å². The average molecular weight is 459 g/mol. The van der Waals surface area contributed by atoms with Crippen LogP contribution >= 0.6 is 0 Å². The van der Waals surface area contributed by atoms with Gasteiger partial charge in [0, 0.05) is 11.3 Å². The highest BCUT2D eigenvalue weighted by Gasteiger charge is 2.28. The number of benzene rings is 1. The van der Waals surface area contributed by atoms with E-state index in [4.69, 9.17) is 4.74 Å². The van der Waals surface area contributed by atoms with Crippen LogP contribution < -0.4 is 10.6 Å². The van der Waals surface area contributed by atoms with Crippen LogP contribution in [0.2, 0.25) is 0 Å². The maximum Gasteiger partial charge on any atom is 0.435 e. The number of H-pyrrole nitrogens is 1. The standard InChI is InChI=1S/C25H26N6O3/c1-14-19(13-31(30-14)24(33)34-25(2,3)4)23(32)28-21-10-15(11-22-18(21)12-27-29-22)16-6-5-7-20-17(16)8-9-26-20/h5-13,17,20,26H,1-4H3,(H,27,29)(H,28,32). The van der Waals surface area contributed by atoms with Crippen LogP contribution in [0.15, 0.2) is 55.0 Å². The molecule has 1 aromatic carbocycles. The Hall–Kier alpha value is -4.14. The van der Waals surface area contributed by atoms with Crippen molar-refractivity contribution < 1.29 is 14.3 Å². The van der Waals surface area contributed by atoms with Gasteiger partial charge in [-0.1, -0.05) is 24.3 Å². The molecule has 9 nitrogen and oxygen atoms in total. The summed E-state index contributed by atoms with van der Waals surface area (Å²) in [6, 6.07) is 4.21. The Morgan fingerprint density at radius 1 is 1.21 bits per heavy atom. The van der Waals surface area contributed by atoms with E-state index in [0.717, 1.165) is 26.7 Å². The Kier molecular flexibility index (Phi) is 5.11. The third-order valence-electron chi connectivity index (χ3n) is 5.80. The highest BCUT2D eigenvalue weighted by atomic mass is 16.6. The molecule has 0 saturated heterocycles. The predicted octanol–water partition coefficient (Wildman–Crippen LogP) is 4.16. The highest BCUT2D eigenvalue weighted by Crippen LogP contribution is 2.36. The number of aromatic amines is 1. The van der Waals surface area contributed by atoms with E-state index >= 15 is 0 Å². The molecule has 0 radical (unpaired) electrons. The molecule has 2 aliphatic rings. The Balaban J connectivity index is 1.46. The Bertz CT molecular complexity index is 1390. The lowest BCUT2D eigenvalue weighted by Gasteiger charge is -2.23. The van der Waals surface area contributed by atoms with Crippen molar-refractivity contribution in [2.75, 3.05) is 5.32 Å². The summed E-state index contributed by atoms with van der Waals surface area (Å²) in [6.45, 7) is 7.00. The fraction of sp³-hybridized carbons (Fsp3) is 0.280. The molecule has 0 bridgehead atoms. The fourth-order valence-electron chi connectivity index (χ4n) is 4.24. The largest absolute Gasteiger partial charge is 0.442 e. The molecule has 174 valence electrons. The van der Waals surface area contributed by atoms with Crippen molar-refractivity contribution >= 4 is 34.2 Å². The third kappa shape index (κ3) is 4.00. The number of allylic oxidation sites excluding steroid dienone is 2. The minimum Gasteiger partial charge on any atom is -0.442 e. The molecule has 5 rings (SSSR count). The maximum absolute atomic E-state index is 13.2. The summed E-state index contributed by atoms with van der Waals surface area (Å²) in [4.78, 5) is 25.6. The highest BCUT2D eigenvalue weighted by molar-refractivity contribution is 6.10. The van der Waals surface area contributed by atoms with Gasteiger partial charge in [-0.05, 0) is 57.2 Å². The number of amides is 1. The van der Waals surface area contributed by atoms with E-state index < -0.39 is 11.7 Å². The van der Waals surface area contributed by atoms with Crippen LogP contribution in [0.25, 0.3) is 16.5 Å². The molecule has 0 spiro atoms. The number of fused-ring (bicyclic) bond motifs is 2. The van der Waals surface area contributed by atoms with Gasteiger partial charge in [0.05, 0.1) is 40.9 Å². The summed E-state index contributed by atoms with van der Waals surface area (Å²) in [6.07, 6.45) is 12.8. The summed E-state index contributed by atoms with van der Waals surface area (Å²) in [7, 11) is 0. The fourth-order valence-corrected chi connectivity index (χ4v) is 4.24. The Labute approximate surface area is 196 Å². The number of aromatic nitrogens is 4. The van der Waals surface area contributed by atoms with Crippen LogP contribution in [-0.2, 0) is 4.74 Å². The van der Waals surface area contributed by atoms with Gasteiger partial charge < -0.3 is 15.4 Å². The number of carbonyl (C=O) groups is 2. The molecule has 3 N–H and O–H groups in total. The van der Waals surface area contributed by atoms with Gasteiger partial charge in [-0.15, -0.1) is 0 Å². The lowest BCUT2D eigenvalue weighted by Crippen LogP contribution is -2.27. The molecule has 1 aliphatic carbocycles. The van der Waals surface area contributed by atoms with Crippen LogP contribution in [0.5, 0.6) is 0 Å². The molecular formula is C25H26N6O3.